The maximum absolute atomic E-state index is 6.39. The minimum Gasteiger partial charge on any atom is -0.456 e. The predicted molar refractivity (Wildman–Crippen MR) is 154 cm³/mol. The summed E-state index contributed by atoms with van der Waals surface area (Å²) in [6.45, 7) is 0. The van der Waals surface area contributed by atoms with Crippen LogP contribution in [-0.4, -0.2) is 0 Å². The number of hydrogen-bond donors (Lipinski definition) is 0. The predicted octanol–water partition coefficient (Wildman–Crippen LogP) is 7.96. The van der Waals surface area contributed by atoms with Crippen LogP contribution < -0.4 is 10.6 Å². The molecule has 1 heterocycles. The lowest BCUT2D eigenvalue weighted by Crippen LogP contribution is -2.27. The summed E-state index contributed by atoms with van der Waals surface area (Å²) < 4.78 is 6.39. The molecule has 37 heavy (non-hydrogen) atoms. The monoisotopic (exact) mass is 480 g/mol. The van der Waals surface area contributed by atoms with Crippen LogP contribution in [0.2, 0.25) is 0 Å². The molecule has 5 aliphatic carbocycles. The molecular formula is C36H32O. The van der Waals surface area contributed by atoms with E-state index in [1.807, 2.05) is 0 Å². The second kappa shape index (κ2) is 8.48. The summed E-state index contributed by atoms with van der Waals surface area (Å²) in [6.07, 6.45) is 25.0. The average Bonchev–Trinajstić information content (AvgIpc) is 3.35. The first-order chi connectivity index (χ1) is 18.3. The Morgan fingerprint density at radius 1 is 0.811 bits per heavy atom. The molecule has 1 aromatic heterocycles. The Hall–Kier alpha value is -3.58. The van der Waals surface area contributed by atoms with Crippen molar-refractivity contribution in [3.8, 4) is 0 Å². The van der Waals surface area contributed by atoms with E-state index in [0.717, 1.165) is 36.7 Å². The Balaban J connectivity index is 1.14. The van der Waals surface area contributed by atoms with Crippen LogP contribution in [0.25, 0.3) is 34.3 Å². The summed E-state index contributed by atoms with van der Waals surface area (Å²) in [5.41, 5.74) is 15.7. The zero-order valence-corrected chi connectivity index (χ0v) is 21.4. The molecule has 182 valence electrons. The van der Waals surface area contributed by atoms with Gasteiger partial charge in [0.2, 0.25) is 0 Å². The van der Waals surface area contributed by atoms with Gasteiger partial charge in [-0.1, -0.05) is 72.9 Å². The van der Waals surface area contributed by atoms with Gasteiger partial charge in [-0.15, -0.1) is 0 Å². The van der Waals surface area contributed by atoms with Crippen LogP contribution in [0.3, 0.4) is 0 Å². The van der Waals surface area contributed by atoms with Gasteiger partial charge in [-0.25, -0.2) is 0 Å². The molecule has 1 unspecified atom stereocenters. The largest absolute Gasteiger partial charge is 0.456 e. The molecule has 0 radical (unpaired) electrons. The van der Waals surface area contributed by atoms with E-state index in [4.69, 9.17) is 4.42 Å². The maximum Gasteiger partial charge on any atom is 0.138 e. The molecule has 5 aliphatic rings. The van der Waals surface area contributed by atoms with E-state index in [9.17, 15) is 0 Å². The highest BCUT2D eigenvalue weighted by molar-refractivity contribution is 5.84. The highest BCUT2D eigenvalue weighted by Crippen LogP contribution is 2.45. The average molecular weight is 481 g/mol. The smallest absolute Gasteiger partial charge is 0.138 e. The Bertz CT molecular complexity index is 1740. The topological polar surface area (TPSA) is 13.1 Å². The first kappa shape index (κ1) is 21.5. The fourth-order valence-corrected chi connectivity index (χ4v) is 7.40. The first-order valence-corrected chi connectivity index (χ1v) is 14.2. The molecule has 2 aromatic carbocycles. The highest BCUT2D eigenvalue weighted by Gasteiger charge is 2.29. The van der Waals surface area contributed by atoms with Crippen LogP contribution in [0.1, 0.15) is 68.1 Å². The van der Waals surface area contributed by atoms with E-state index in [2.05, 4.69) is 78.9 Å². The lowest BCUT2D eigenvalue weighted by atomic mass is 9.71. The Labute approximate surface area is 218 Å². The Kier molecular flexibility index (Phi) is 4.93. The van der Waals surface area contributed by atoms with Crippen molar-refractivity contribution >= 4 is 34.3 Å². The molecule has 1 heteroatoms. The molecule has 0 amide bonds. The molecule has 0 fully saturated rings. The van der Waals surface area contributed by atoms with Gasteiger partial charge in [0.05, 0.1) is 0 Å². The maximum atomic E-state index is 6.39. The second-order valence-corrected chi connectivity index (χ2v) is 11.3. The van der Waals surface area contributed by atoms with E-state index in [1.165, 1.54) is 76.1 Å². The van der Waals surface area contributed by atoms with Gasteiger partial charge in [0, 0.05) is 10.6 Å². The minimum atomic E-state index is 0.699. The summed E-state index contributed by atoms with van der Waals surface area (Å²) >= 11 is 0. The van der Waals surface area contributed by atoms with Gasteiger partial charge >= 0.3 is 0 Å². The van der Waals surface area contributed by atoms with Gasteiger partial charge in [0.25, 0.3) is 0 Å². The Morgan fingerprint density at radius 3 is 2.76 bits per heavy atom. The SMILES string of the molecule is C1=CC2=C(CC1)C1=CC=C(c3ccc4c(c3)CCC(C3=c5oc6ccccc6c5=CCC3)=C4)CC1CC2. The van der Waals surface area contributed by atoms with E-state index >= 15 is 0 Å². The summed E-state index contributed by atoms with van der Waals surface area (Å²) in [7, 11) is 0. The number of benzene rings is 2. The van der Waals surface area contributed by atoms with Gasteiger partial charge in [-0.3, -0.25) is 0 Å². The van der Waals surface area contributed by atoms with Crippen molar-refractivity contribution in [3.05, 3.63) is 116 Å². The van der Waals surface area contributed by atoms with E-state index in [1.54, 1.807) is 16.7 Å². The number of para-hydroxylation sites is 1. The number of allylic oxidation sites excluding steroid dienone is 9. The molecule has 0 saturated carbocycles. The molecule has 8 rings (SSSR count). The first-order valence-electron chi connectivity index (χ1n) is 14.2. The number of rotatable bonds is 2. The van der Waals surface area contributed by atoms with Crippen LogP contribution in [0.4, 0.5) is 0 Å². The quantitative estimate of drug-likeness (QED) is 0.363. The molecule has 0 N–H and O–H groups in total. The summed E-state index contributed by atoms with van der Waals surface area (Å²) in [4.78, 5) is 0. The van der Waals surface area contributed by atoms with E-state index in [-0.39, 0.29) is 0 Å². The molecule has 0 spiro atoms. The summed E-state index contributed by atoms with van der Waals surface area (Å²) in [5, 5.41) is 2.55. The molecular weight excluding hydrogens is 448 g/mol. The van der Waals surface area contributed by atoms with Gasteiger partial charge < -0.3 is 4.42 Å². The van der Waals surface area contributed by atoms with Crippen molar-refractivity contribution in [2.75, 3.05) is 0 Å². The zero-order valence-electron chi connectivity index (χ0n) is 21.4. The van der Waals surface area contributed by atoms with E-state index in [0.29, 0.717) is 5.92 Å². The van der Waals surface area contributed by atoms with Crippen molar-refractivity contribution in [2.45, 2.75) is 57.8 Å². The molecule has 0 aliphatic heterocycles. The molecule has 1 atom stereocenters. The number of furan rings is 1. The lowest BCUT2D eigenvalue weighted by molar-refractivity contribution is 0.544. The molecule has 3 aromatic rings. The third-order valence-electron chi connectivity index (χ3n) is 9.29. The second-order valence-electron chi connectivity index (χ2n) is 11.3. The lowest BCUT2D eigenvalue weighted by Gasteiger charge is -2.34. The van der Waals surface area contributed by atoms with Gasteiger partial charge in [-0.05, 0) is 120 Å². The zero-order chi connectivity index (χ0) is 24.3. The van der Waals surface area contributed by atoms with Crippen molar-refractivity contribution in [1.82, 2.24) is 0 Å². The van der Waals surface area contributed by atoms with Crippen LogP contribution in [0.5, 0.6) is 0 Å². The fraction of sp³-hybridized carbons (Fsp3) is 0.278. The van der Waals surface area contributed by atoms with E-state index < -0.39 is 0 Å². The fourth-order valence-electron chi connectivity index (χ4n) is 7.40. The number of aryl methyl sites for hydroxylation is 1. The van der Waals surface area contributed by atoms with Crippen molar-refractivity contribution in [3.63, 3.8) is 0 Å². The third kappa shape index (κ3) is 3.51. The molecule has 1 nitrogen and oxygen atoms in total. The van der Waals surface area contributed by atoms with Crippen LogP contribution in [0.15, 0.2) is 93.5 Å². The van der Waals surface area contributed by atoms with Gasteiger partial charge in [0.15, 0.2) is 0 Å². The van der Waals surface area contributed by atoms with Gasteiger partial charge in [-0.2, -0.15) is 0 Å². The number of hydrogen-bond acceptors (Lipinski definition) is 1. The molecule has 0 saturated heterocycles. The highest BCUT2D eigenvalue weighted by atomic mass is 16.3. The number of fused-ring (bicyclic) bond motifs is 6. The molecule has 0 bridgehead atoms. The normalized spacial score (nSPS) is 22.3. The van der Waals surface area contributed by atoms with Crippen molar-refractivity contribution in [1.29, 1.82) is 0 Å². The Morgan fingerprint density at radius 2 is 1.76 bits per heavy atom. The van der Waals surface area contributed by atoms with Crippen molar-refractivity contribution < 1.29 is 4.42 Å². The standard InChI is InChI=1S/C36H32O/c1-2-7-30-23(6-1)12-16-28-21-27(18-19-31(28)30)24-13-14-26-22-29(17-15-25(26)20-24)32-9-5-10-34-33-8-3-4-11-35(33)37-36(32)34/h1,3-4,6,8,10-11,13-14,18-20,22,28H,2,5,7,9,12,15-17,21H2. The third-order valence-corrected chi connectivity index (χ3v) is 9.29. The van der Waals surface area contributed by atoms with Crippen LogP contribution in [-0.2, 0) is 6.42 Å². The summed E-state index contributed by atoms with van der Waals surface area (Å²) in [6, 6.07) is 15.7. The van der Waals surface area contributed by atoms with Crippen LogP contribution in [0, 0.1) is 5.92 Å². The van der Waals surface area contributed by atoms with Crippen molar-refractivity contribution in [2.24, 2.45) is 5.92 Å². The van der Waals surface area contributed by atoms with Crippen LogP contribution >= 0.6 is 0 Å². The minimum absolute atomic E-state index is 0.699. The summed E-state index contributed by atoms with van der Waals surface area (Å²) in [5.74, 6) is 0.699. The van der Waals surface area contributed by atoms with Gasteiger partial charge in [0.1, 0.15) is 11.0 Å².